The molecular weight excluding hydrogens is 311 g/mol. The number of ether oxygens (including phenoxy) is 1. The Bertz CT molecular complexity index is 803. The van der Waals surface area contributed by atoms with Gasteiger partial charge in [-0.3, -0.25) is 9.59 Å². The smallest absolute Gasteiger partial charge is 0.254 e. The molecule has 0 aromatic heterocycles. The van der Waals surface area contributed by atoms with E-state index in [-0.39, 0.29) is 23.6 Å². The van der Waals surface area contributed by atoms with Crippen molar-refractivity contribution in [2.45, 2.75) is 13.1 Å². The topological polar surface area (TPSA) is 58.6 Å². The van der Waals surface area contributed by atoms with Crippen molar-refractivity contribution in [3.05, 3.63) is 64.5 Å². The van der Waals surface area contributed by atoms with Gasteiger partial charge in [0.25, 0.3) is 11.8 Å². The summed E-state index contributed by atoms with van der Waals surface area (Å²) in [5.41, 5.74) is 1.46. The molecule has 1 aliphatic rings. The Hall–Kier alpha value is -2.89. The SMILES string of the molecule is CNC(=O)c1ccc2c(c1F)CN(Cc1ccc(OC)cc1)C2=O. The Morgan fingerprint density at radius 3 is 2.58 bits per heavy atom. The summed E-state index contributed by atoms with van der Waals surface area (Å²) in [5.74, 6) is -0.631. The van der Waals surface area contributed by atoms with Crippen molar-refractivity contribution < 1.29 is 18.7 Å². The third-order valence-electron chi connectivity index (χ3n) is 4.11. The standard InChI is InChI=1S/C18H17FN2O3/c1-20-17(22)14-8-7-13-15(16(14)19)10-21(18(13)23)9-11-3-5-12(24-2)6-4-11/h3-8H,9-10H2,1-2H3,(H,20,22). The highest BCUT2D eigenvalue weighted by molar-refractivity contribution is 6.01. The summed E-state index contributed by atoms with van der Waals surface area (Å²) in [6.45, 7) is 0.517. The van der Waals surface area contributed by atoms with Crippen molar-refractivity contribution in [3.8, 4) is 5.75 Å². The molecule has 6 heteroatoms. The maximum absolute atomic E-state index is 14.5. The molecule has 1 aliphatic heterocycles. The van der Waals surface area contributed by atoms with E-state index in [2.05, 4.69) is 5.32 Å². The molecular formula is C18H17FN2O3. The van der Waals surface area contributed by atoms with Crippen LogP contribution in [0, 0.1) is 5.82 Å². The molecule has 0 aliphatic carbocycles. The van der Waals surface area contributed by atoms with Crippen molar-refractivity contribution in [3.63, 3.8) is 0 Å². The lowest BCUT2D eigenvalue weighted by Crippen LogP contribution is -2.23. The largest absolute Gasteiger partial charge is 0.497 e. The minimum Gasteiger partial charge on any atom is -0.497 e. The van der Waals surface area contributed by atoms with Gasteiger partial charge < -0.3 is 15.0 Å². The number of amides is 2. The van der Waals surface area contributed by atoms with Gasteiger partial charge in [-0.2, -0.15) is 0 Å². The summed E-state index contributed by atoms with van der Waals surface area (Å²) in [5, 5.41) is 2.40. The number of fused-ring (bicyclic) bond motifs is 1. The van der Waals surface area contributed by atoms with Crippen LogP contribution in [-0.2, 0) is 13.1 Å². The zero-order valence-electron chi connectivity index (χ0n) is 13.4. The number of carbonyl (C=O) groups excluding carboxylic acids is 2. The van der Waals surface area contributed by atoms with Crippen LogP contribution in [0.2, 0.25) is 0 Å². The van der Waals surface area contributed by atoms with E-state index in [1.54, 1.807) is 12.0 Å². The second kappa shape index (κ2) is 6.31. The van der Waals surface area contributed by atoms with E-state index in [9.17, 15) is 14.0 Å². The lowest BCUT2D eigenvalue weighted by Gasteiger charge is -2.15. The Labute approximate surface area is 139 Å². The van der Waals surface area contributed by atoms with E-state index in [1.165, 1.54) is 19.2 Å². The molecule has 2 aromatic rings. The van der Waals surface area contributed by atoms with E-state index in [0.717, 1.165) is 11.3 Å². The Morgan fingerprint density at radius 2 is 1.96 bits per heavy atom. The molecule has 1 heterocycles. The lowest BCUT2D eigenvalue weighted by molar-refractivity contribution is 0.0766. The zero-order valence-corrected chi connectivity index (χ0v) is 13.4. The summed E-state index contributed by atoms with van der Waals surface area (Å²) < 4.78 is 19.6. The molecule has 0 radical (unpaired) electrons. The van der Waals surface area contributed by atoms with Crippen LogP contribution in [0.15, 0.2) is 36.4 Å². The Kier molecular flexibility index (Phi) is 4.20. The highest BCUT2D eigenvalue weighted by Crippen LogP contribution is 2.28. The molecule has 0 fully saturated rings. The number of nitrogens with one attached hydrogen (secondary N) is 1. The van der Waals surface area contributed by atoms with Crippen LogP contribution in [0.5, 0.6) is 5.75 Å². The van der Waals surface area contributed by atoms with Crippen LogP contribution in [0.25, 0.3) is 0 Å². The van der Waals surface area contributed by atoms with Crippen molar-refractivity contribution in [1.82, 2.24) is 10.2 Å². The van der Waals surface area contributed by atoms with Gasteiger partial charge in [0.1, 0.15) is 11.6 Å². The highest BCUT2D eigenvalue weighted by atomic mass is 19.1. The first-order valence-electron chi connectivity index (χ1n) is 7.50. The van der Waals surface area contributed by atoms with Crippen molar-refractivity contribution in [1.29, 1.82) is 0 Å². The zero-order chi connectivity index (χ0) is 17.3. The molecule has 0 bridgehead atoms. The van der Waals surface area contributed by atoms with Crippen molar-refractivity contribution >= 4 is 11.8 Å². The summed E-state index contributed by atoms with van der Waals surface area (Å²) in [6.07, 6.45) is 0. The molecule has 0 atom stereocenters. The molecule has 0 saturated heterocycles. The van der Waals surface area contributed by atoms with Gasteiger partial charge in [0.05, 0.1) is 19.2 Å². The number of hydrogen-bond acceptors (Lipinski definition) is 3. The van der Waals surface area contributed by atoms with Crippen LogP contribution in [-0.4, -0.2) is 30.9 Å². The third-order valence-corrected chi connectivity index (χ3v) is 4.11. The first-order valence-corrected chi connectivity index (χ1v) is 7.50. The predicted octanol–water partition coefficient (Wildman–Crippen LogP) is 2.35. The molecule has 0 unspecified atom stereocenters. The second-order valence-corrected chi connectivity index (χ2v) is 5.54. The highest BCUT2D eigenvalue weighted by Gasteiger charge is 2.31. The third kappa shape index (κ3) is 2.71. The van der Waals surface area contributed by atoms with Gasteiger partial charge in [-0.05, 0) is 29.8 Å². The molecule has 24 heavy (non-hydrogen) atoms. The van der Waals surface area contributed by atoms with Gasteiger partial charge in [0.2, 0.25) is 0 Å². The van der Waals surface area contributed by atoms with E-state index in [0.29, 0.717) is 12.1 Å². The molecule has 124 valence electrons. The van der Waals surface area contributed by atoms with Crippen LogP contribution in [0.3, 0.4) is 0 Å². The summed E-state index contributed by atoms with van der Waals surface area (Å²) in [7, 11) is 3.03. The maximum Gasteiger partial charge on any atom is 0.254 e. The summed E-state index contributed by atoms with van der Waals surface area (Å²) >= 11 is 0. The molecule has 3 rings (SSSR count). The van der Waals surface area contributed by atoms with Crippen LogP contribution >= 0.6 is 0 Å². The van der Waals surface area contributed by atoms with E-state index in [4.69, 9.17) is 4.74 Å². The van der Waals surface area contributed by atoms with Gasteiger partial charge in [-0.15, -0.1) is 0 Å². The number of hydrogen-bond donors (Lipinski definition) is 1. The molecule has 2 amide bonds. The van der Waals surface area contributed by atoms with E-state index >= 15 is 0 Å². The second-order valence-electron chi connectivity index (χ2n) is 5.54. The first kappa shape index (κ1) is 16.0. The molecule has 2 aromatic carbocycles. The molecule has 0 spiro atoms. The number of benzene rings is 2. The average Bonchev–Trinajstić information content (AvgIpc) is 2.92. The van der Waals surface area contributed by atoms with Crippen molar-refractivity contribution in [2.75, 3.05) is 14.2 Å². The molecule has 1 N–H and O–H groups in total. The minimum atomic E-state index is -0.627. The fraction of sp³-hybridized carbons (Fsp3) is 0.222. The molecule has 5 nitrogen and oxygen atoms in total. The van der Waals surface area contributed by atoms with Gasteiger partial charge in [0, 0.05) is 24.7 Å². The van der Waals surface area contributed by atoms with Crippen molar-refractivity contribution in [2.24, 2.45) is 0 Å². The fourth-order valence-electron chi connectivity index (χ4n) is 2.80. The monoisotopic (exact) mass is 328 g/mol. The molecule has 0 saturated carbocycles. The van der Waals surface area contributed by atoms with Gasteiger partial charge in [0.15, 0.2) is 0 Å². The Balaban J connectivity index is 1.84. The Morgan fingerprint density at radius 1 is 1.25 bits per heavy atom. The normalized spacial score (nSPS) is 13.0. The predicted molar refractivity (Wildman–Crippen MR) is 86.4 cm³/mol. The van der Waals surface area contributed by atoms with Gasteiger partial charge >= 0.3 is 0 Å². The van der Waals surface area contributed by atoms with E-state index < -0.39 is 11.7 Å². The number of methoxy groups -OCH3 is 1. The average molecular weight is 328 g/mol. The summed E-state index contributed by atoms with van der Waals surface area (Å²) in [4.78, 5) is 25.7. The van der Waals surface area contributed by atoms with Crippen LogP contribution < -0.4 is 10.1 Å². The number of rotatable bonds is 4. The van der Waals surface area contributed by atoms with E-state index in [1.807, 2.05) is 24.3 Å². The first-order chi connectivity index (χ1) is 11.5. The maximum atomic E-state index is 14.5. The minimum absolute atomic E-state index is 0.0460. The van der Waals surface area contributed by atoms with Gasteiger partial charge in [-0.25, -0.2) is 4.39 Å². The van der Waals surface area contributed by atoms with Crippen LogP contribution in [0.1, 0.15) is 31.8 Å². The quantitative estimate of drug-likeness (QED) is 0.937. The number of nitrogens with zero attached hydrogens (tertiary/aromatic N) is 1. The fourth-order valence-corrected chi connectivity index (χ4v) is 2.80. The van der Waals surface area contributed by atoms with Crippen LogP contribution in [0.4, 0.5) is 4.39 Å². The number of carbonyl (C=O) groups is 2. The number of halogens is 1. The lowest BCUT2D eigenvalue weighted by atomic mass is 10.0. The summed E-state index contributed by atoms with van der Waals surface area (Å²) in [6, 6.07) is 10.2. The van der Waals surface area contributed by atoms with Gasteiger partial charge in [-0.1, -0.05) is 12.1 Å².